The van der Waals surface area contributed by atoms with Crippen molar-refractivity contribution in [3.63, 3.8) is 0 Å². The van der Waals surface area contributed by atoms with E-state index in [0.29, 0.717) is 12.2 Å². The Balaban J connectivity index is 2.78. The number of amides is 1. The van der Waals surface area contributed by atoms with Gasteiger partial charge in [-0.15, -0.1) is 0 Å². The Morgan fingerprint density at radius 3 is 2.68 bits per heavy atom. The lowest BCUT2D eigenvalue weighted by Crippen LogP contribution is -2.36. The van der Waals surface area contributed by atoms with E-state index in [0.717, 1.165) is 11.8 Å². The zero-order valence-corrected chi connectivity index (χ0v) is 17.3. The number of hydrogen-bond donors (Lipinski definition) is 2. The van der Waals surface area contributed by atoms with Crippen LogP contribution in [0.5, 0.6) is 0 Å². The van der Waals surface area contributed by atoms with Crippen LogP contribution < -0.4 is 5.32 Å². The number of pyridine rings is 1. The molecule has 28 heavy (non-hydrogen) atoms. The molecule has 1 rings (SSSR count). The van der Waals surface area contributed by atoms with E-state index in [1.807, 2.05) is 13.8 Å². The molecule has 0 aliphatic rings. The third-order valence-electron chi connectivity index (χ3n) is 3.39. The minimum atomic E-state index is -4.19. The highest BCUT2D eigenvalue weighted by molar-refractivity contribution is 7.99. The molecule has 1 aromatic rings. The SMILES string of the molecule is CC(C)CN(C(=O)CCSCCC(F)(F)F)/C(=C/Nc1cccnc1)C(=N)Cl. The quantitative estimate of drug-likeness (QED) is 0.373. The highest BCUT2D eigenvalue weighted by atomic mass is 35.5. The third-order valence-corrected chi connectivity index (χ3v) is 4.57. The van der Waals surface area contributed by atoms with Crippen LogP contribution in [-0.4, -0.2) is 45.2 Å². The molecule has 0 fully saturated rings. The lowest BCUT2D eigenvalue weighted by Gasteiger charge is -2.26. The summed E-state index contributed by atoms with van der Waals surface area (Å²) in [6.45, 7) is 4.17. The predicted molar refractivity (Wildman–Crippen MR) is 109 cm³/mol. The molecule has 0 aromatic carbocycles. The van der Waals surface area contributed by atoms with Gasteiger partial charge in [-0.05, 0) is 18.1 Å². The van der Waals surface area contributed by atoms with E-state index in [4.69, 9.17) is 17.0 Å². The molecule has 0 saturated heterocycles. The van der Waals surface area contributed by atoms with Gasteiger partial charge < -0.3 is 10.2 Å². The summed E-state index contributed by atoms with van der Waals surface area (Å²) in [6.07, 6.45) is -0.355. The van der Waals surface area contributed by atoms with Crippen molar-refractivity contribution in [2.24, 2.45) is 5.92 Å². The Morgan fingerprint density at radius 2 is 2.14 bits per heavy atom. The molecule has 1 aromatic heterocycles. The largest absolute Gasteiger partial charge is 0.389 e. The lowest BCUT2D eigenvalue weighted by atomic mass is 10.2. The van der Waals surface area contributed by atoms with Crippen LogP contribution in [0.2, 0.25) is 0 Å². The number of anilines is 1. The Labute approximate surface area is 172 Å². The van der Waals surface area contributed by atoms with Crippen LogP contribution in [0.1, 0.15) is 26.7 Å². The highest BCUT2D eigenvalue weighted by Crippen LogP contribution is 2.23. The first-order chi connectivity index (χ1) is 13.1. The summed E-state index contributed by atoms with van der Waals surface area (Å²) in [5.74, 6) is -0.00234. The number of halogens is 4. The Bertz CT molecular complexity index is 669. The van der Waals surface area contributed by atoms with E-state index >= 15 is 0 Å². The number of carbonyl (C=O) groups is 1. The van der Waals surface area contributed by atoms with E-state index in [-0.39, 0.29) is 40.6 Å². The highest BCUT2D eigenvalue weighted by Gasteiger charge is 2.26. The molecule has 0 spiro atoms. The molecule has 0 aliphatic heterocycles. The molecule has 0 aliphatic carbocycles. The molecular formula is C18H24ClF3N4OS. The first-order valence-corrected chi connectivity index (χ1v) is 10.2. The molecule has 2 N–H and O–H groups in total. The van der Waals surface area contributed by atoms with Gasteiger partial charge >= 0.3 is 6.18 Å². The minimum absolute atomic E-state index is 0.0592. The summed E-state index contributed by atoms with van der Waals surface area (Å²) in [5, 5.41) is 10.5. The average molecular weight is 437 g/mol. The maximum atomic E-state index is 12.7. The van der Waals surface area contributed by atoms with E-state index in [1.165, 1.54) is 11.1 Å². The molecule has 5 nitrogen and oxygen atoms in total. The molecule has 0 atom stereocenters. The van der Waals surface area contributed by atoms with Gasteiger partial charge in [-0.1, -0.05) is 25.4 Å². The van der Waals surface area contributed by atoms with E-state index < -0.39 is 12.6 Å². The van der Waals surface area contributed by atoms with Gasteiger partial charge in [0.15, 0.2) is 0 Å². The normalized spacial score (nSPS) is 12.2. The predicted octanol–water partition coefficient (Wildman–Crippen LogP) is 5.11. The Morgan fingerprint density at radius 1 is 1.43 bits per heavy atom. The van der Waals surface area contributed by atoms with Crippen molar-refractivity contribution < 1.29 is 18.0 Å². The van der Waals surface area contributed by atoms with Crippen molar-refractivity contribution in [2.75, 3.05) is 23.4 Å². The van der Waals surface area contributed by atoms with Crippen molar-refractivity contribution in [3.8, 4) is 0 Å². The Hall–Kier alpha value is -1.74. The summed E-state index contributed by atoms with van der Waals surface area (Å²) in [4.78, 5) is 18.0. The van der Waals surface area contributed by atoms with Gasteiger partial charge in [-0.3, -0.25) is 15.2 Å². The van der Waals surface area contributed by atoms with Crippen LogP contribution in [0, 0.1) is 11.3 Å². The van der Waals surface area contributed by atoms with Crippen molar-refractivity contribution >= 4 is 40.1 Å². The molecular weight excluding hydrogens is 413 g/mol. The summed E-state index contributed by atoms with van der Waals surface area (Å²) in [6, 6.07) is 3.50. The van der Waals surface area contributed by atoms with E-state index in [1.54, 1.807) is 24.5 Å². The number of hydrogen-bond acceptors (Lipinski definition) is 5. The molecule has 0 saturated carbocycles. The van der Waals surface area contributed by atoms with Gasteiger partial charge in [-0.25, -0.2) is 0 Å². The second kappa shape index (κ2) is 12.0. The fourth-order valence-electron chi connectivity index (χ4n) is 2.14. The van der Waals surface area contributed by atoms with Gasteiger partial charge in [0.2, 0.25) is 5.91 Å². The van der Waals surface area contributed by atoms with Crippen LogP contribution in [0.4, 0.5) is 18.9 Å². The molecule has 156 valence electrons. The number of thioether (sulfide) groups is 1. The third kappa shape index (κ3) is 9.98. The Kier molecular flexibility index (Phi) is 10.4. The zero-order chi connectivity index (χ0) is 21.2. The first kappa shape index (κ1) is 24.3. The number of aromatic nitrogens is 1. The number of nitrogens with one attached hydrogen (secondary N) is 2. The summed E-state index contributed by atoms with van der Waals surface area (Å²) in [7, 11) is 0. The fraction of sp³-hybridized carbons (Fsp3) is 0.500. The summed E-state index contributed by atoms with van der Waals surface area (Å²) >= 11 is 6.98. The van der Waals surface area contributed by atoms with Crippen LogP contribution in [0.15, 0.2) is 36.4 Å². The molecule has 1 heterocycles. The van der Waals surface area contributed by atoms with Crippen molar-refractivity contribution in [1.82, 2.24) is 9.88 Å². The second-order valence-corrected chi connectivity index (χ2v) is 7.96. The topological polar surface area (TPSA) is 69.1 Å². The lowest BCUT2D eigenvalue weighted by molar-refractivity contribution is -0.129. The molecule has 0 unspecified atom stereocenters. The zero-order valence-electron chi connectivity index (χ0n) is 15.7. The maximum absolute atomic E-state index is 12.7. The number of rotatable bonds is 11. The number of nitrogens with zero attached hydrogens (tertiary/aromatic N) is 2. The standard InChI is InChI=1S/C18H24ClF3N4OS/c1-13(2)12-26(16(27)5-8-28-9-6-18(20,21)22)15(17(19)23)11-25-14-4-3-7-24-10-14/h3-4,7,10-11,13,23,25H,5-6,8-9,12H2,1-2H3/b15-11+,23-17?. The summed E-state index contributed by atoms with van der Waals surface area (Å²) in [5.41, 5.74) is 0.863. The number of allylic oxidation sites excluding steroid dienone is 1. The molecule has 1 amide bonds. The van der Waals surface area contributed by atoms with Gasteiger partial charge in [0.25, 0.3) is 0 Å². The smallest absolute Gasteiger partial charge is 0.358 e. The van der Waals surface area contributed by atoms with Crippen LogP contribution in [-0.2, 0) is 4.79 Å². The van der Waals surface area contributed by atoms with Gasteiger partial charge in [0, 0.05) is 36.9 Å². The monoisotopic (exact) mass is 436 g/mol. The first-order valence-electron chi connectivity index (χ1n) is 8.66. The maximum Gasteiger partial charge on any atom is 0.389 e. The minimum Gasteiger partial charge on any atom is -0.358 e. The number of alkyl halides is 3. The van der Waals surface area contributed by atoms with Crippen molar-refractivity contribution in [2.45, 2.75) is 32.9 Å². The average Bonchev–Trinajstić information content (AvgIpc) is 2.59. The number of carbonyl (C=O) groups excluding carboxylic acids is 1. The van der Waals surface area contributed by atoms with Gasteiger partial charge in [0.05, 0.1) is 24.0 Å². The molecule has 0 bridgehead atoms. The van der Waals surface area contributed by atoms with Gasteiger partial charge in [0.1, 0.15) is 5.17 Å². The van der Waals surface area contributed by atoms with E-state index in [9.17, 15) is 18.0 Å². The van der Waals surface area contributed by atoms with Crippen molar-refractivity contribution in [1.29, 1.82) is 5.41 Å². The van der Waals surface area contributed by atoms with Gasteiger partial charge in [-0.2, -0.15) is 24.9 Å². The van der Waals surface area contributed by atoms with Crippen LogP contribution >= 0.6 is 23.4 Å². The van der Waals surface area contributed by atoms with Crippen LogP contribution in [0.25, 0.3) is 0 Å². The second-order valence-electron chi connectivity index (χ2n) is 6.36. The summed E-state index contributed by atoms with van der Waals surface area (Å²) < 4.78 is 36.6. The molecule has 10 heteroatoms. The fourth-order valence-corrected chi connectivity index (χ4v) is 3.20. The van der Waals surface area contributed by atoms with E-state index in [2.05, 4.69) is 10.3 Å². The van der Waals surface area contributed by atoms with Crippen molar-refractivity contribution in [3.05, 3.63) is 36.4 Å². The molecule has 0 radical (unpaired) electrons. The van der Waals surface area contributed by atoms with Crippen LogP contribution in [0.3, 0.4) is 0 Å².